The molecule has 0 saturated carbocycles. The number of phenolic OH excluding ortho intramolecular Hbond substituents is 1. The van der Waals surface area contributed by atoms with E-state index in [2.05, 4.69) is 20.9 Å². The predicted molar refractivity (Wildman–Crippen MR) is 76.0 cm³/mol. The molecule has 5 N–H and O–H groups in total. The Kier molecular flexibility index (Phi) is 4.41. The molecule has 0 aliphatic carbocycles. The maximum Gasteiger partial charge on any atom is 0.251 e. The Balaban J connectivity index is 2.14. The summed E-state index contributed by atoms with van der Waals surface area (Å²) in [6, 6.07) is 4.52. The third-order valence-corrected chi connectivity index (χ3v) is 2.75. The third kappa shape index (κ3) is 3.61. The zero-order valence-corrected chi connectivity index (χ0v) is 11.2. The van der Waals surface area contributed by atoms with Gasteiger partial charge >= 0.3 is 0 Å². The number of benzene rings is 1. The zero-order valence-electron chi connectivity index (χ0n) is 11.2. The Labute approximate surface area is 116 Å². The number of nitrogens with one attached hydrogen (secondary N) is 3. The minimum Gasteiger partial charge on any atom is -0.508 e. The van der Waals surface area contributed by atoms with E-state index in [1.165, 1.54) is 12.1 Å². The van der Waals surface area contributed by atoms with Gasteiger partial charge in [0.15, 0.2) is 5.96 Å². The smallest absolute Gasteiger partial charge is 0.251 e. The second-order valence-corrected chi connectivity index (χ2v) is 4.48. The van der Waals surface area contributed by atoms with Gasteiger partial charge in [0.2, 0.25) is 0 Å². The van der Waals surface area contributed by atoms with Gasteiger partial charge in [-0.25, -0.2) is 0 Å². The fraction of sp³-hybridized carbons (Fsp3) is 0.385. The standard InChI is InChI=1S/C13H18N4O3/c1-2-14-12(20)8-3-9(5-10(18)4-8)17-13-15-6-11(19)7-16-13/h3-5,11,18-19H,2,6-7H2,1H3,(H,14,20)(H2,15,16,17). The molecule has 1 unspecified atom stereocenters. The predicted octanol–water partition coefficient (Wildman–Crippen LogP) is -0.126. The number of hydrogen-bond donors (Lipinski definition) is 5. The summed E-state index contributed by atoms with van der Waals surface area (Å²) in [6.45, 7) is 3.07. The highest BCUT2D eigenvalue weighted by molar-refractivity contribution is 5.98. The lowest BCUT2D eigenvalue weighted by molar-refractivity contribution is 0.0955. The number of β-amino-alcohol motifs (C(OH)–C–C–N with tert-alkyl or cyclic N) is 1. The van der Waals surface area contributed by atoms with Crippen molar-refractivity contribution < 1.29 is 15.0 Å². The molecule has 0 fully saturated rings. The molecule has 0 saturated heterocycles. The van der Waals surface area contributed by atoms with Crippen LogP contribution in [0.4, 0.5) is 5.69 Å². The number of carbonyl (C=O) groups excluding carboxylic acids is 1. The molecule has 0 spiro atoms. The summed E-state index contributed by atoms with van der Waals surface area (Å²) in [5, 5.41) is 27.5. The molecule has 2 rings (SSSR count). The normalized spacial score (nSPS) is 17.9. The van der Waals surface area contributed by atoms with Crippen LogP contribution in [0.5, 0.6) is 5.75 Å². The molecule has 7 nitrogen and oxygen atoms in total. The Hall–Kier alpha value is -2.28. The first-order valence-corrected chi connectivity index (χ1v) is 6.44. The number of aliphatic imine (C=N–C) groups is 1. The van der Waals surface area contributed by atoms with Gasteiger partial charge in [-0.05, 0) is 19.1 Å². The molecule has 20 heavy (non-hydrogen) atoms. The van der Waals surface area contributed by atoms with E-state index in [-0.39, 0.29) is 11.7 Å². The number of guanidine groups is 1. The third-order valence-electron chi connectivity index (χ3n) is 2.75. The van der Waals surface area contributed by atoms with Gasteiger partial charge in [-0.3, -0.25) is 9.79 Å². The summed E-state index contributed by atoms with van der Waals surface area (Å²) < 4.78 is 0. The molecular formula is C13H18N4O3. The Bertz CT molecular complexity index is 530. The Morgan fingerprint density at radius 3 is 2.95 bits per heavy atom. The van der Waals surface area contributed by atoms with Gasteiger partial charge in [-0.1, -0.05) is 0 Å². The van der Waals surface area contributed by atoms with Crippen molar-refractivity contribution in [3.63, 3.8) is 0 Å². The summed E-state index contributed by atoms with van der Waals surface area (Å²) in [5.41, 5.74) is 0.916. The zero-order chi connectivity index (χ0) is 14.5. The SMILES string of the molecule is CCNC(=O)c1cc(O)cc(NC2=NCC(O)CN2)c1. The number of aliphatic hydroxyl groups is 1. The first-order chi connectivity index (χ1) is 9.58. The maximum absolute atomic E-state index is 11.8. The first-order valence-electron chi connectivity index (χ1n) is 6.44. The lowest BCUT2D eigenvalue weighted by atomic mass is 10.1. The molecule has 1 heterocycles. The van der Waals surface area contributed by atoms with Crippen molar-refractivity contribution >= 4 is 17.6 Å². The van der Waals surface area contributed by atoms with Gasteiger partial charge in [0, 0.05) is 30.4 Å². The van der Waals surface area contributed by atoms with E-state index in [1.54, 1.807) is 6.07 Å². The summed E-state index contributed by atoms with van der Waals surface area (Å²) in [6.07, 6.45) is -0.490. The van der Waals surface area contributed by atoms with Crippen molar-refractivity contribution in [2.24, 2.45) is 4.99 Å². The van der Waals surface area contributed by atoms with Crippen molar-refractivity contribution in [1.29, 1.82) is 0 Å². The number of phenols is 1. The largest absolute Gasteiger partial charge is 0.508 e. The molecule has 1 aromatic rings. The molecule has 7 heteroatoms. The van der Waals surface area contributed by atoms with Crippen LogP contribution in [-0.2, 0) is 0 Å². The van der Waals surface area contributed by atoms with Gasteiger partial charge < -0.3 is 26.2 Å². The number of hydrogen-bond acceptors (Lipinski definition) is 6. The van der Waals surface area contributed by atoms with E-state index in [0.717, 1.165) is 0 Å². The van der Waals surface area contributed by atoms with E-state index in [0.29, 0.717) is 36.8 Å². The summed E-state index contributed by atoms with van der Waals surface area (Å²) >= 11 is 0. The molecule has 0 aromatic heterocycles. The van der Waals surface area contributed by atoms with E-state index in [4.69, 9.17) is 0 Å². The Morgan fingerprint density at radius 1 is 1.50 bits per heavy atom. The molecule has 1 aromatic carbocycles. The van der Waals surface area contributed by atoms with Crippen molar-refractivity contribution in [2.75, 3.05) is 25.0 Å². The molecule has 1 aliphatic heterocycles. The van der Waals surface area contributed by atoms with Gasteiger partial charge in [0.25, 0.3) is 5.91 Å². The topological polar surface area (TPSA) is 106 Å². The van der Waals surface area contributed by atoms with E-state index >= 15 is 0 Å². The second kappa shape index (κ2) is 6.25. The average molecular weight is 278 g/mol. The van der Waals surface area contributed by atoms with E-state index in [9.17, 15) is 15.0 Å². The Morgan fingerprint density at radius 2 is 2.30 bits per heavy atom. The minimum absolute atomic E-state index is 0.00676. The van der Waals surface area contributed by atoms with Gasteiger partial charge in [-0.2, -0.15) is 0 Å². The van der Waals surface area contributed by atoms with Crippen molar-refractivity contribution in [3.05, 3.63) is 23.8 Å². The van der Waals surface area contributed by atoms with Gasteiger partial charge in [0.1, 0.15) is 5.75 Å². The van der Waals surface area contributed by atoms with E-state index in [1.807, 2.05) is 6.92 Å². The second-order valence-electron chi connectivity index (χ2n) is 4.48. The van der Waals surface area contributed by atoms with Crippen molar-refractivity contribution in [3.8, 4) is 5.75 Å². The number of anilines is 1. The minimum atomic E-state index is -0.490. The van der Waals surface area contributed by atoms with Crippen LogP contribution in [0.15, 0.2) is 23.2 Å². The number of rotatable bonds is 3. The number of carbonyl (C=O) groups is 1. The van der Waals surface area contributed by atoms with E-state index < -0.39 is 6.10 Å². The highest BCUT2D eigenvalue weighted by Crippen LogP contribution is 2.20. The van der Waals surface area contributed by atoms with Crippen LogP contribution in [0.2, 0.25) is 0 Å². The summed E-state index contributed by atoms with van der Waals surface area (Å²) in [7, 11) is 0. The van der Waals surface area contributed by atoms with Crippen LogP contribution in [-0.4, -0.2) is 47.8 Å². The molecule has 0 bridgehead atoms. The average Bonchev–Trinajstić information content (AvgIpc) is 2.41. The number of aromatic hydroxyl groups is 1. The van der Waals surface area contributed by atoms with Crippen molar-refractivity contribution in [2.45, 2.75) is 13.0 Å². The van der Waals surface area contributed by atoms with Crippen LogP contribution >= 0.6 is 0 Å². The van der Waals surface area contributed by atoms with Crippen LogP contribution in [0.25, 0.3) is 0 Å². The molecule has 0 radical (unpaired) electrons. The van der Waals surface area contributed by atoms with Crippen LogP contribution in [0, 0.1) is 0 Å². The highest BCUT2D eigenvalue weighted by atomic mass is 16.3. The van der Waals surface area contributed by atoms with Crippen LogP contribution < -0.4 is 16.0 Å². The molecular weight excluding hydrogens is 260 g/mol. The monoisotopic (exact) mass is 278 g/mol. The summed E-state index contributed by atoms with van der Waals surface area (Å²) in [5.74, 6) is 0.246. The van der Waals surface area contributed by atoms with Gasteiger partial charge in [-0.15, -0.1) is 0 Å². The molecule has 108 valence electrons. The number of aliphatic hydroxyl groups excluding tert-OH is 1. The fourth-order valence-corrected chi connectivity index (χ4v) is 1.83. The lowest BCUT2D eigenvalue weighted by Crippen LogP contribution is -2.42. The summed E-state index contributed by atoms with van der Waals surface area (Å²) in [4.78, 5) is 15.9. The van der Waals surface area contributed by atoms with Crippen molar-refractivity contribution in [1.82, 2.24) is 10.6 Å². The van der Waals surface area contributed by atoms with Crippen LogP contribution in [0.1, 0.15) is 17.3 Å². The molecule has 1 amide bonds. The molecule has 1 atom stereocenters. The first kappa shape index (κ1) is 14.1. The molecule has 1 aliphatic rings. The highest BCUT2D eigenvalue weighted by Gasteiger charge is 2.13. The lowest BCUT2D eigenvalue weighted by Gasteiger charge is -2.20. The number of amides is 1. The quantitative estimate of drug-likeness (QED) is 0.530. The number of nitrogens with zero attached hydrogens (tertiary/aromatic N) is 1. The maximum atomic E-state index is 11.8. The van der Waals surface area contributed by atoms with Crippen LogP contribution in [0.3, 0.4) is 0 Å². The fourth-order valence-electron chi connectivity index (χ4n) is 1.83. The van der Waals surface area contributed by atoms with Gasteiger partial charge in [0.05, 0.1) is 12.6 Å².